The van der Waals surface area contributed by atoms with Gasteiger partial charge in [0.05, 0.1) is 11.0 Å². The molecule has 10 heteroatoms. The van der Waals surface area contributed by atoms with Crippen molar-refractivity contribution in [2.24, 2.45) is 0 Å². The highest BCUT2D eigenvalue weighted by Crippen LogP contribution is 2.38. The Hall–Kier alpha value is -1.91. The molecule has 2 N–H and O–H groups in total. The Labute approximate surface area is 133 Å². The maximum atomic E-state index is 12.5. The second-order valence-corrected chi connectivity index (χ2v) is 7.10. The zero-order valence-electron chi connectivity index (χ0n) is 12.3. The summed E-state index contributed by atoms with van der Waals surface area (Å²) in [6, 6.07) is 2.29. The fraction of sp³-hybridized carbons (Fsp3) is 0.538. The summed E-state index contributed by atoms with van der Waals surface area (Å²) in [4.78, 5) is 10.1. The van der Waals surface area contributed by atoms with E-state index in [1.54, 1.807) is 0 Å². The number of nitrogens with one attached hydrogen (secondary N) is 2. The molecule has 0 amide bonds. The monoisotopic (exact) mass is 343 g/mol. The lowest BCUT2D eigenvalue weighted by Gasteiger charge is -2.19. The van der Waals surface area contributed by atoms with Crippen LogP contribution in [0.1, 0.15) is 12.8 Å². The first kappa shape index (κ1) is 16.0. The summed E-state index contributed by atoms with van der Waals surface area (Å²) in [5.74, 6) is 0.376. The standard InChI is InChI=1S/C13H17N3O6S/c17-16(18)10-6-11-12(22-5-4-21-11)7-13(10)23(19,20)15-8-9-2-1-3-14-9/h6-7,9,14-15H,1-5,8H2. The molecular formula is C13H17N3O6S. The summed E-state index contributed by atoms with van der Waals surface area (Å²) in [5.41, 5.74) is -0.527. The zero-order valence-corrected chi connectivity index (χ0v) is 13.1. The van der Waals surface area contributed by atoms with Crippen molar-refractivity contribution >= 4 is 15.7 Å². The fourth-order valence-electron chi connectivity index (χ4n) is 2.64. The number of nitro groups is 1. The molecule has 1 aromatic carbocycles. The number of rotatable bonds is 5. The number of hydrogen-bond acceptors (Lipinski definition) is 7. The van der Waals surface area contributed by atoms with E-state index in [-0.39, 0.29) is 37.3 Å². The average molecular weight is 343 g/mol. The minimum Gasteiger partial charge on any atom is -0.486 e. The Morgan fingerprint density at radius 1 is 1.30 bits per heavy atom. The summed E-state index contributed by atoms with van der Waals surface area (Å²) >= 11 is 0. The third-order valence-corrected chi connectivity index (χ3v) is 5.24. The van der Waals surface area contributed by atoms with Crippen LogP contribution >= 0.6 is 0 Å². The minimum atomic E-state index is -4.02. The number of sulfonamides is 1. The van der Waals surface area contributed by atoms with E-state index in [9.17, 15) is 18.5 Å². The van der Waals surface area contributed by atoms with Crippen molar-refractivity contribution in [3.05, 3.63) is 22.2 Å². The van der Waals surface area contributed by atoms with Gasteiger partial charge in [-0.3, -0.25) is 10.1 Å². The van der Waals surface area contributed by atoms with Crippen molar-refractivity contribution in [1.29, 1.82) is 0 Å². The Morgan fingerprint density at radius 2 is 2.00 bits per heavy atom. The number of fused-ring (bicyclic) bond motifs is 1. The smallest absolute Gasteiger partial charge is 0.293 e. The Kier molecular flexibility index (Phi) is 4.37. The molecule has 1 unspecified atom stereocenters. The molecule has 2 aliphatic rings. The van der Waals surface area contributed by atoms with E-state index in [2.05, 4.69) is 10.0 Å². The van der Waals surface area contributed by atoms with Crippen LogP contribution in [0.3, 0.4) is 0 Å². The molecule has 3 rings (SSSR count). The van der Waals surface area contributed by atoms with Gasteiger partial charge in [-0.1, -0.05) is 0 Å². The molecule has 1 aromatic rings. The molecule has 126 valence electrons. The summed E-state index contributed by atoms with van der Waals surface area (Å²) in [5, 5.41) is 14.4. The van der Waals surface area contributed by atoms with Crippen molar-refractivity contribution in [2.75, 3.05) is 26.3 Å². The van der Waals surface area contributed by atoms with Gasteiger partial charge in [-0.25, -0.2) is 13.1 Å². The van der Waals surface area contributed by atoms with Crippen LogP contribution in [0.5, 0.6) is 11.5 Å². The molecule has 1 saturated heterocycles. The second-order valence-electron chi connectivity index (χ2n) is 5.37. The number of ether oxygens (including phenoxy) is 2. The fourth-order valence-corrected chi connectivity index (χ4v) is 3.88. The molecule has 0 saturated carbocycles. The van der Waals surface area contributed by atoms with Crippen LogP contribution in [0, 0.1) is 10.1 Å². The molecule has 0 radical (unpaired) electrons. The van der Waals surface area contributed by atoms with Crippen LogP contribution in [0.4, 0.5) is 5.69 Å². The summed E-state index contributed by atoms with van der Waals surface area (Å²) in [6.45, 7) is 1.57. The molecule has 1 fully saturated rings. The largest absolute Gasteiger partial charge is 0.486 e. The van der Waals surface area contributed by atoms with Gasteiger partial charge in [0.1, 0.15) is 13.2 Å². The molecule has 2 heterocycles. The molecule has 0 aromatic heterocycles. The van der Waals surface area contributed by atoms with Crippen LogP contribution < -0.4 is 19.5 Å². The highest BCUT2D eigenvalue weighted by Gasteiger charge is 2.31. The molecule has 0 aliphatic carbocycles. The van der Waals surface area contributed by atoms with Crippen molar-refractivity contribution in [3.8, 4) is 11.5 Å². The second kappa shape index (κ2) is 6.30. The van der Waals surface area contributed by atoms with Crippen molar-refractivity contribution in [2.45, 2.75) is 23.8 Å². The van der Waals surface area contributed by atoms with Crippen LogP contribution in [-0.4, -0.2) is 45.7 Å². The van der Waals surface area contributed by atoms with Gasteiger partial charge in [0.25, 0.3) is 5.69 Å². The molecule has 1 atom stereocenters. The molecule has 2 aliphatic heterocycles. The van der Waals surface area contributed by atoms with Crippen molar-refractivity contribution in [3.63, 3.8) is 0 Å². The van der Waals surface area contributed by atoms with E-state index in [0.717, 1.165) is 31.5 Å². The lowest BCUT2D eigenvalue weighted by atomic mass is 10.2. The summed E-state index contributed by atoms with van der Waals surface area (Å²) in [7, 11) is -4.02. The average Bonchev–Trinajstić information content (AvgIpc) is 3.05. The van der Waals surface area contributed by atoms with Gasteiger partial charge >= 0.3 is 0 Å². The first-order valence-corrected chi connectivity index (χ1v) is 8.77. The third-order valence-electron chi connectivity index (χ3n) is 3.79. The van der Waals surface area contributed by atoms with Gasteiger partial charge in [0.2, 0.25) is 10.0 Å². The first-order chi connectivity index (χ1) is 11.0. The Morgan fingerprint density at radius 3 is 2.61 bits per heavy atom. The van der Waals surface area contributed by atoms with Crippen LogP contribution in [-0.2, 0) is 10.0 Å². The van der Waals surface area contributed by atoms with E-state index in [4.69, 9.17) is 9.47 Å². The molecule has 0 spiro atoms. The van der Waals surface area contributed by atoms with Gasteiger partial charge in [0, 0.05) is 18.7 Å². The quantitative estimate of drug-likeness (QED) is 0.586. The minimum absolute atomic E-state index is 0.0426. The molecular weight excluding hydrogens is 326 g/mol. The topological polar surface area (TPSA) is 120 Å². The molecule has 0 bridgehead atoms. The number of hydrogen-bond donors (Lipinski definition) is 2. The third kappa shape index (κ3) is 3.38. The van der Waals surface area contributed by atoms with E-state index >= 15 is 0 Å². The van der Waals surface area contributed by atoms with E-state index in [0.29, 0.717) is 0 Å². The van der Waals surface area contributed by atoms with E-state index < -0.39 is 25.5 Å². The van der Waals surface area contributed by atoms with Crippen LogP contribution in [0.15, 0.2) is 17.0 Å². The number of nitro benzene ring substituents is 1. The summed E-state index contributed by atoms with van der Waals surface area (Å²) < 4.78 is 37.9. The molecule has 9 nitrogen and oxygen atoms in total. The van der Waals surface area contributed by atoms with Gasteiger partial charge < -0.3 is 14.8 Å². The lowest BCUT2D eigenvalue weighted by molar-refractivity contribution is -0.388. The lowest BCUT2D eigenvalue weighted by Crippen LogP contribution is -2.37. The van der Waals surface area contributed by atoms with E-state index in [1.807, 2.05) is 0 Å². The van der Waals surface area contributed by atoms with E-state index in [1.165, 1.54) is 0 Å². The predicted octanol–water partition coefficient (Wildman–Crippen LogP) is 0.396. The van der Waals surface area contributed by atoms with Gasteiger partial charge in [0.15, 0.2) is 16.4 Å². The normalized spacial score (nSPS) is 20.4. The highest BCUT2D eigenvalue weighted by atomic mass is 32.2. The van der Waals surface area contributed by atoms with Gasteiger partial charge in [-0.05, 0) is 19.4 Å². The summed E-state index contributed by atoms with van der Waals surface area (Å²) in [6.07, 6.45) is 1.85. The van der Waals surface area contributed by atoms with Gasteiger partial charge in [-0.2, -0.15) is 0 Å². The van der Waals surface area contributed by atoms with Gasteiger partial charge in [-0.15, -0.1) is 0 Å². The molecule has 23 heavy (non-hydrogen) atoms. The Balaban J connectivity index is 1.91. The van der Waals surface area contributed by atoms with Crippen LogP contribution in [0.2, 0.25) is 0 Å². The predicted molar refractivity (Wildman–Crippen MR) is 80.3 cm³/mol. The maximum Gasteiger partial charge on any atom is 0.293 e. The highest BCUT2D eigenvalue weighted by molar-refractivity contribution is 7.89. The van der Waals surface area contributed by atoms with Crippen molar-refractivity contribution in [1.82, 2.24) is 10.0 Å². The van der Waals surface area contributed by atoms with Crippen LogP contribution in [0.25, 0.3) is 0 Å². The first-order valence-electron chi connectivity index (χ1n) is 7.28. The van der Waals surface area contributed by atoms with Crippen molar-refractivity contribution < 1.29 is 22.8 Å². The maximum absolute atomic E-state index is 12.5. The number of benzene rings is 1. The SMILES string of the molecule is O=[N+]([O-])c1cc2c(cc1S(=O)(=O)NCC1CCCN1)OCCO2. The zero-order chi connectivity index (χ0) is 16.4. The Bertz CT molecular complexity index is 715. The number of nitrogens with zero attached hydrogens (tertiary/aromatic N) is 1.